The van der Waals surface area contributed by atoms with Crippen LogP contribution in [0.1, 0.15) is 26.4 Å². The fourth-order valence-electron chi connectivity index (χ4n) is 2.51. The minimum Gasteiger partial charge on any atom is -0.312 e. The number of benzene rings is 1. The first-order valence-electron chi connectivity index (χ1n) is 6.88. The van der Waals surface area contributed by atoms with Crippen LogP contribution >= 0.6 is 27.3 Å². The number of amides is 1. The van der Waals surface area contributed by atoms with Crippen molar-refractivity contribution in [1.29, 1.82) is 5.26 Å². The van der Waals surface area contributed by atoms with Gasteiger partial charge in [0.05, 0.1) is 5.56 Å². The highest BCUT2D eigenvalue weighted by molar-refractivity contribution is 9.10. The molecule has 0 fully saturated rings. The maximum Gasteiger partial charge on any atom is 0.256 e. The second-order valence-electron chi connectivity index (χ2n) is 5.27. The van der Waals surface area contributed by atoms with Gasteiger partial charge in [0.15, 0.2) is 0 Å². The molecule has 2 heterocycles. The number of hydrogen-bond donors (Lipinski definition) is 1. The van der Waals surface area contributed by atoms with Gasteiger partial charge in [0.1, 0.15) is 11.1 Å². The first-order chi connectivity index (χ1) is 10.6. The first kappa shape index (κ1) is 15.2. The Morgan fingerprint density at radius 2 is 2.14 bits per heavy atom. The fourth-order valence-corrected chi connectivity index (χ4v) is 4.05. The molecule has 0 spiro atoms. The van der Waals surface area contributed by atoms with Crippen LogP contribution in [-0.4, -0.2) is 24.4 Å². The van der Waals surface area contributed by atoms with Crippen LogP contribution in [0.5, 0.6) is 0 Å². The smallest absolute Gasteiger partial charge is 0.256 e. The van der Waals surface area contributed by atoms with Gasteiger partial charge in [-0.25, -0.2) is 0 Å². The van der Waals surface area contributed by atoms with E-state index in [1.54, 1.807) is 12.1 Å². The highest BCUT2D eigenvalue weighted by atomic mass is 79.9. The minimum absolute atomic E-state index is 0.184. The lowest BCUT2D eigenvalue weighted by molar-refractivity contribution is 0.102. The van der Waals surface area contributed by atoms with Crippen molar-refractivity contribution < 1.29 is 4.79 Å². The van der Waals surface area contributed by atoms with Crippen molar-refractivity contribution in [2.24, 2.45) is 0 Å². The number of nitriles is 1. The van der Waals surface area contributed by atoms with Crippen molar-refractivity contribution in [1.82, 2.24) is 4.90 Å². The van der Waals surface area contributed by atoms with Crippen LogP contribution in [0.15, 0.2) is 28.7 Å². The number of fused-ring (bicyclic) bond motifs is 1. The first-order valence-corrected chi connectivity index (χ1v) is 8.49. The molecule has 22 heavy (non-hydrogen) atoms. The van der Waals surface area contributed by atoms with E-state index >= 15 is 0 Å². The SMILES string of the molecule is CN1CCc2c(sc(NC(=O)c3ccc(Br)cc3)c2C#N)C1. The average molecular weight is 376 g/mol. The molecule has 1 aromatic carbocycles. The van der Waals surface area contributed by atoms with Crippen LogP contribution in [0.2, 0.25) is 0 Å². The lowest BCUT2D eigenvalue weighted by Gasteiger charge is -2.21. The standard InChI is InChI=1S/C16H14BrN3OS/c1-20-7-6-12-13(8-18)16(22-14(12)9-20)19-15(21)10-2-4-11(17)5-3-10/h2-5H,6-7,9H2,1H3,(H,19,21). The molecule has 4 nitrogen and oxygen atoms in total. The molecule has 2 aromatic rings. The summed E-state index contributed by atoms with van der Waals surface area (Å²) in [5.74, 6) is -0.184. The molecule has 1 amide bonds. The van der Waals surface area contributed by atoms with Crippen LogP contribution < -0.4 is 5.32 Å². The maximum absolute atomic E-state index is 12.3. The molecule has 1 aliphatic heterocycles. The van der Waals surface area contributed by atoms with Crippen LogP contribution in [0.25, 0.3) is 0 Å². The van der Waals surface area contributed by atoms with Crippen molar-refractivity contribution in [2.75, 3.05) is 18.9 Å². The predicted molar refractivity (Wildman–Crippen MR) is 91.2 cm³/mol. The summed E-state index contributed by atoms with van der Waals surface area (Å²) in [5.41, 5.74) is 2.30. The number of nitrogens with one attached hydrogen (secondary N) is 1. The molecule has 1 aliphatic rings. The highest BCUT2D eigenvalue weighted by Gasteiger charge is 2.23. The number of thiophene rings is 1. The summed E-state index contributed by atoms with van der Waals surface area (Å²) in [6.07, 6.45) is 0.860. The fraction of sp³-hybridized carbons (Fsp3) is 0.250. The molecule has 0 saturated heterocycles. The molecule has 0 bridgehead atoms. The summed E-state index contributed by atoms with van der Waals surface area (Å²) in [5, 5.41) is 13.0. The zero-order chi connectivity index (χ0) is 15.7. The number of halogens is 1. The average Bonchev–Trinajstić information content (AvgIpc) is 2.83. The van der Waals surface area contributed by atoms with Gasteiger partial charge in [-0.1, -0.05) is 15.9 Å². The monoisotopic (exact) mass is 375 g/mol. The van der Waals surface area contributed by atoms with E-state index in [0.29, 0.717) is 16.1 Å². The summed E-state index contributed by atoms with van der Waals surface area (Å²) in [6.45, 7) is 1.78. The molecule has 0 radical (unpaired) electrons. The predicted octanol–water partition coefficient (Wildman–Crippen LogP) is 3.62. The van der Waals surface area contributed by atoms with E-state index < -0.39 is 0 Å². The van der Waals surface area contributed by atoms with Gasteiger partial charge >= 0.3 is 0 Å². The molecule has 0 saturated carbocycles. The topological polar surface area (TPSA) is 56.1 Å². The number of hydrogen-bond acceptors (Lipinski definition) is 4. The third-order valence-electron chi connectivity index (χ3n) is 3.69. The van der Waals surface area contributed by atoms with Gasteiger partial charge < -0.3 is 10.2 Å². The van der Waals surface area contributed by atoms with Crippen molar-refractivity contribution >= 4 is 38.2 Å². The second kappa shape index (κ2) is 6.21. The molecular formula is C16H14BrN3OS. The number of carbonyl (C=O) groups excluding carboxylic acids is 1. The molecule has 1 aromatic heterocycles. The van der Waals surface area contributed by atoms with Crippen molar-refractivity contribution in [3.63, 3.8) is 0 Å². The highest BCUT2D eigenvalue weighted by Crippen LogP contribution is 2.36. The van der Waals surface area contributed by atoms with Crippen molar-refractivity contribution in [2.45, 2.75) is 13.0 Å². The van der Waals surface area contributed by atoms with Crippen LogP contribution in [-0.2, 0) is 13.0 Å². The molecule has 0 atom stereocenters. The molecule has 3 rings (SSSR count). The molecule has 0 unspecified atom stereocenters. The molecule has 0 aliphatic carbocycles. The van der Waals surface area contributed by atoms with Crippen molar-refractivity contribution in [3.05, 3.63) is 50.3 Å². The van der Waals surface area contributed by atoms with E-state index in [1.165, 1.54) is 16.2 Å². The van der Waals surface area contributed by atoms with Gasteiger partial charge in [0.25, 0.3) is 5.91 Å². The van der Waals surface area contributed by atoms with Gasteiger partial charge in [-0.15, -0.1) is 11.3 Å². The molecule has 1 N–H and O–H groups in total. The Balaban J connectivity index is 1.88. The van der Waals surface area contributed by atoms with E-state index in [4.69, 9.17) is 0 Å². The van der Waals surface area contributed by atoms with Gasteiger partial charge in [-0.3, -0.25) is 4.79 Å². The molecule has 112 valence electrons. The number of nitrogens with zero attached hydrogens (tertiary/aromatic N) is 2. The summed E-state index contributed by atoms with van der Waals surface area (Å²) in [6, 6.07) is 9.42. The Kier molecular flexibility index (Phi) is 4.30. The Morgan fingerprint density at radius 1 is 1.41 bits per heavy atom. The molecular weight excluding hydrogens is 362 g/mol. The third-order valence-corrected chi connectivity index (χ3v) is 5.35. The van der Waals surface area contributed by atoms with E-state index in [0.717, 1.165) is 29.5 Å². The Labute approximate surface area is 141 Å². The van der Waals surface area contributed by atoms with E-state index in [9.17, 15) is 10.1 Å². The van der Waals surface area contributed by atoms with Crippen LogP contribution in [0.4, 0.5) is 5.00 Å². The lowest BCUT2D eigenvalue weighted by Crippen LogP contribution is -2.25. The quantitative estimate of drug-likeness (QED) is 0.871. The largest absolute Gasteiger partial charge is 0.312 e. The zero-order valence-corrected chi connectivity index (χ0v) is 14.4. The Hall–Kier alpha value is -1.68. The van der Waals surface area contributed by atoms with E-state index in [2.05, 4.69) is 39.3 Å². The third kappa shape index (κ3) is 2.93. The minimum atomic E-state index is -0.184. The van der Waals surface area contributed by atoms with Gasteiger partial charge in [0, 0.05) is 28.0 Å². The number of rotatable bonds is 2. The second-order valence-corrected chi connectivity index (χ2v) is 7.29. The molecule has 6 heteroatoms. The summed E-state index contributed by atoms with van der Waals surface area (Å²) < 4.78 is 0.927. The van der Waals surface area contributed by atoms with E-state index in [-0.39, 0.29) is 5.91 Å². The van der Waals surface area contributed by atoms with E-state index in [1.807, 2.05) is 12.1 Å². The van der Waals surface area contributed by atoms with Gasteiger partial charge in [-0.05, 0) is 43.3 Å². The summed E-state index contributed by atoms with van der Waals surface area (Å²) in [7, 11) is 2.06. The lowest BCUT2D eigenvalue weighted by atomic mass is 10.0. The number of anilines is 1. The number of carbonyl (C=O) groups is 1. The maximum atomic E-state index is 12.3. The zero-order valence-electron chi connectivity index (χ0n) is 12.0. The van der Waals surface area contributed by atoms with Crippen LogP contribution in [0.3, 0.4) is 0 Å². The number of likely N-dealkylation sites (N-methyl/N-ethyl adjacent to an activating group) is 1. The van der Waals surface area contributed by atoms with Gasteiger partial charge in [0.2, 0.25) is 0 Å². The normalized spacial score (nSPS) is 14.2. The van der Waals surface area contributed by atoms with Crippen molar-refractivity contribution in [3.8, 4) is 6.07 Å². The summed E-state index contributed by atoms with van der Waals surface area (Å²) >= 11 is 4.86. The summed E-state index contributed by atoms with van der Waals surface area (Å²) in [4.78, 5) is 15.7. The van der Waals surface area contributed by atoms with Crippen LogP contribution in [0, 0.1) is 11.3 Å². The Bertz CT molecular complexity index is 761. The van der Waals surface area contributed by atoms with Gasteiger partial charge in [-0.2, -0.15) is 5.26 Å². The Morgan fingerprint density at radius 3 is 2.82 bits per heavy atom.